The highest BCUT2D eigenvalue weighted by Crippen LogP contribution is 2.39. The Bertz CT molecular complexity index is 1790. The van der Waals surface area contributed by atoms with Crippen LogP contribution in [0.15, 0.2) is 36.8 Å². The molecule has 2 aliphatic heterocycles. The number of carbonyl (C=O) groups excluding carboxylic acids is 2. The number of hydrogen-bond acceptors (Lipinski definition) is 19. The van der Waals surface area contributed by atoms with Gasteiger partial charge in [-0.05, 0) is 150 Å². The van der Waals surface area contributed by atoms with E-state index in [-0.39, 0.29) is 7.43 Å². The summed E-state index contributed by atoms with van der Waals surface area (Å²) in [7, 11) is -37.7. The SMILES string of the molecule is C.C=C[Si](C)(C)Cl.C=C[Si](C)(C)O[Si](C)(C)O[Si]1(C)O[Si](C)(CC)O[Si](C)(O[Si](C)(C)O[Si](C)(C)C=C)O[Si](C)(CC)O1.CCN(C(C)C)C(C)C.CC[Si]1(C)O[Si](C)(OC(C)=O)O[Si](C)(CC)O[Si](C)(OC(C)=O)O1.C[Si](C)(O)O. The fourth-order valence-electron chi connectivity index (χ4n) is 8.18. The third-order valence-electron chi connectivity index (χ3n) is 11.5. The number of hydrogen-bond donors (Lipinski definition) is 2. The van der Waals surface area contributed by atoms with E-state index in [9.17, 15) is 9.59 Å². The Morgan fingerprint density at radius 3 is 0.815 bits per heavy atom. The first-order valence-corrected chi connectivity index (χ1v) is 65.5. The van der Waals surface area contributed by atoms with Crippen molar-refractivity contribution in [3.8, 4) is 0 Å². The van der Waals surface area contributed by atoms with Crippen molar-refractivity contribution in [1.29, 1.82) is 0 Å². The Hall–Kier alpha value is 0.886. The Kier molecular flexibility index (Phi) is 37.9. The van der Waals surface area contributed by atoms with E-state index in [1.807, 2.05) is 96.4 Å². The van der Waals surface area contributed by atoms with Gasteiger partial charge < -0.3 is 67.8 Å². The van der Waals surface area contributed by atoms with Crippen LogP contribution in [0.2, 0.25) is 155 Å². The molecule has 2 rings (SSSR count). The largest absolute Gasteiger partial charge is 0.546 e. The summed E-state index contributed by atoms with van der Waals surface area (Å²) in [6.45, 7) is 73.1. The smallest absolute Gasteiger partial charge is 0.475 e. The zero-order chi connectivity index (χ0) is 64.4. The van der Waals surface area contributed by atoms with Crippen molar-refractivity contribution in [3.63, 3.8) is 0 Å². The summed E-state index contributed by atoms with van der Waals surface area (Å²) < 4.78 is 89.6. The summed E-state index contributed by atoms with van der Waals surface area (Å²) in [6, 6.07) is 3.92. The van der Waals surface area contributed by atoms with Crippen LogP contribution in [0.1, 0.15) is 83.6 Å². The molecule has 484 valence electrons. The molecule has 0 aromatic heterocycles. The lowest BCUT2D eigenvalue weighted by atomic mass is 10.2. The van der Waals surface area contributed by atoms with E-state index in [1.54, 1.807) is 13.1 Å². The molecule has 0 spiro atoms. The molecular weight excluding hydrogens is 1300 g/mol. The van der Waals surface area contributed by atoms with E-state index >= 15 is 0 Å². The van der Waals surface area contributed by atoms with Crippen molar-refractivity contribution in [1.82, 2.24) is 4.90 Å². The standard InChI is InChI=1S/C20H52O8Si8.C12H28O8Si4.C8H19N.C4H9ClSi.C2H8O2Si.CH4/c1-17-29(5,6)21-31(9,10)23-35(15)25-33(13,19-3)27-36(16,28-34(14,20-4)26-35)24-32(11,12)22-30(7,8)18-2;1-9-21(5)17-23(7,15-11(3)13)19-22(6,10-2)20-24(8,18-21)16-12(4)14;1-6-9(7(2)3)8(4)5;1-4-6(2,3)5;1-5(2,3)4;/h17-18H,1-2,19-20H2,3-16H3;9-10H2,1-8H3;7-8H,6H2,1-5H3;4H,1H2,2-3H3;3-4H,1-2H3;1H4. The molecule has 0 aliphatic carbocycles. The Labute approximate surface area is 515 Å². The van der Waals surface area contributed by atoms with Crippen LogP contribution in [-0.2, 0) is 67.8 Å². The minimum absolute atomic E-state index is 0. The zero-order valence-corrected chi connectivity index (χ0v) is 70.6. The molecule has 0 atom stereocenters. The maximum absolute atomic E-state index is 11.5. The van der Waals surface area contributed by atoms with Crippen LogP contribution >= 0.6 is 11.1 Å². The summed E-state index contributed by atoms with van der Waals surface area (Å²) in [4.78, 5) is 41.9. The molecule has 0 bridgehead atoms. The monoisotopic (exact) mass is 1410 g/mol. The number of halogens is 1. The predicted molar refractivity (Wildman–Crippen MR) is 367 cm³/mol. The Morgan fingerprint density at radius 1 is 0.494 bits per heavy atom. The normalized spacial score (nSPS) is 29.5. The predicted octanol–water partition coefficient (Wildman–Crippen LogP) is 13.8. The topological polar surface area (TPSA) is 207 Å². The van der Waals surface area contributed by atoms with Gasteiger partial charge >= 0.3 is 95.1 Å². The van der Waals surface area contributed by atoms with Gasteiger partial charge in [-0.3, -0.25) is 14.5 Å². The van der Waals surface area contributed by atoms with E-state index in [0.717, 1.165) is 6.54 Å². The molecule has 0 saturated carbocycles. The van der Waals surface area contributed by atoms with Crippen LogP contribution in [0.4, 0.5) is 0 Å². The molecule has 2 heterocycles. The van der Waals surface area contributed by atoms with Gasteiger partial charge in [-0.1, -0.05) is 72.2 Å². The molecule has 0 unspecified atom stereocenters. The van der Waals surface area contributed by atoms with Gasteiger partial charge in [0.15, 0.2) is 24.0 Å². The van der Waals surface area contributed by atoms with E-state index in [1.165, 1.54) is 26.9 Å². The fourth-order valence-corrected chi connectivity index (χ4v) is 65.1. The third-order valence-corrected chi connectivity index (χ3v) is 62.1. The average molecular weight is 1420 g/mol. The Morgan fingerprint density at radius 2 is 0.691 bits per heavy atom. The maximum Gasteiger partial charge on any atom is 0.546 e. The van der Waals surface area contributed by atoms with Gasteiger partial charge in [0.2, 0.25) is 0 Å². The first-order chi connectivity index (χ1) is 35.3. The van der Waals surface area contributed by atoms with Crippen LogP contribution < -0.4 is 0 Å². The van der Waals surface area contributed by atoms with Crippen molar-refractivity contribution in [2.75, 3.05) is 6.54 Å². The van der Waals surface area contributed by atoms with Gasteiger partial charge in [0, 0.05) is 52.1 Å². The second kappa shape index (κ2) is 34.7. The third kappa shape index (κ3) is 38.8. The molecule has 2 fully saturated rings. The molecule has 0 radical (unpaired) electrons. The number of rotatable bonds is 20. The van der Waals surface area contributed by atoms with Crippen molar-refractivity contribution in [2.45, 2.75) is 251 Å². The van der Waals surface area contributed by atoms with Crippen molar-refractivity contribution < 1.29 is 77.4 Å². The quantitative estimate of drug-likeness (QED) is 0.0858. The summed E-state index contributed by atoms with van der Waals surface area (Å²) in [5.41, 5.74) is 5.69. The van der Waals surface area contributed by atoms with Crippen molar-refractivity contribution >= 4 is 142 Å². The molecular formula is C47H120ClNO18Si14. The molecule has 34 heteroatoms. The molecule has 2 saturated heterocycles. The van der Waals surface area contributed by atoms with E-state index in [2.05, 4.69) is 112 Å². The summed E-state index contributed by atoms with van der Waals surface area (Å²) in [5, 5.41) is 0. The van der Waals surface area contributed by atoms with E-state index < -0.39 is 131 Å². The van der Waals surface area contributed by atoms with E-state index in [0.29, 0.717) is 36.3 Å². The molecule has 0 aromatic carbocycles. The summed E-state index contributed by atoms with van der Waals surface area (Å²) in [5.74, 6) is -0.936. The summed E-state index contributed by atoms with van der Waals surface area (Å²) >= 11 is 5.74. The molecule has 2 N–H and O–H groups in total. The molecule has 0 amide bonds. The second-order valence-corrected chi connectivity index (χ2v) is 75.8. The maximum atomic E-state index is 11.5. The number of nitrogens with zero attached hydrogens (tertiary/aromatic N) is 1. The highest BCUT2D eigenvalue weighted by atomic mass is 35.6. The highest BCUT2D eigenvalue weighted by molar-refractivity contribution is 7.21. The molecule has 0 aromatic rings. The average Bonchev–Trinajstić information content (AvgIpc) is 3.19. The van der Waals surface area contributed by atoms with Gasteiger partial charge in [-0.25, -0.2) is 0 Å². The van der Waals surface area contributed by atoms with Crippen LogP contribution in [0.25, 0.3) is 0 Å². The highest BCUT2D eigenvalue weighted by Gasteiger charge is 2.63. The zero-order valence-electron chi connectivity index (χ0n) is 55.8. The van der Waals surface area contributed by atoms with Crippen molar-refractivity contribution in [3.05, 3.63) is 36.8 Å². The fraction of sp³-hybridized carbons (Fsp3) is 0.830. The first-order valence-electron chi connectivity index (χ1n) is 27.9. The van der Waals surface area contributed by atoms with Crippen LogP contribution in [0.3, 0.4) is 0 Å². The van der Waals surface area contributed by atoms with Gasteiger partial charge in [-0.15, -0.1) is 19.7 Å². The van der Waals surface area contributed by atoms with Gasteiger partial charge in [-0.2, -0.15) is 11.1 Å². The first kappa shape index (κ1) is 88.3. The lowest BCUT2D eigenvalue weighted by Gasteiger charge is -2.51. The lowest BCUT2D eigenvalue weighted by Crippen LogP contribution is -2.71. The van der Waals surface area contributed by atoms with Crippen LogP contribution in [0.5, 0.6) is 0 Å². The van der Waals surface area contributed by atoms with Gasteiger partial charge in [0.25, 0.3) is 11.9 Å². The minimum Gasteiger partial charge on any atom is -0.475 e. The van der Waals surface area contributed by atoms with Crippen molar-refractivity contribution in [2.24, 2.45) is 0 Å². The second-order valence-electron chi connectivity index (χ2n) is 24.5. The molecule has 2 aliphatic rings. The minimum atomic E-state index is -3.29. The van der Waals surface area contributed by atoms with Crippen LogP contribution in [0, 0.1) is 0 Å². The van der Waals surface area contributed by atoms with Crippen LogP contribution in [-0.4, -0.2) is 164 Å². The molecule has 81 heavy (non-hydrogen) atoms. The lowest BCUT2D eigenvalue weighted by molar-refractivity contribution is -0.135. The number of carbonyl (C=O) groups is 2. The Balaban J connectivity index is -0.000000559. The van der Waals surface area contributed by atoms with Gasteiger partial charge in [0.1, 0.15) is 0 Å². The molecule has 19 nitrogen and oxygen atoms in total. The van der Waals surface area contributed by atoms with E-state index in [4.69, 9.17) is 78.9 Å². The summed E-state index contributed by atoms with van der Waals surface area (Å²) in [6.07, 6.45) is 0. The van der Waals surface area contributed by atoms with Gasteiger partial charge in [0.05, 0.1) is 0 Å².